The number of carbonyl (C=O) groups is 1. The van der Waals surface area contributed by atoms with Gasteiger partial charge in [-0.3, -0.25) is 9.69 Å². The Hall–Kier alpha value is -1.39. The van der Waals surface area contributed by atoms with Gasteiger partial charge in [-0.25, -0.2) is 0 Å². The molecule has 1 amide bonds. The predicted molar refractivity (Wildman–Crippen MR) is 96.1 cm³/mol. The normalized spacial score (nSPS) is 39.8. The van der Waals surface area contributed by atoms with Crippen molar-refractivity contribution in [1.29, 1.82) is 0 Å². The van der Waals surface area contributed by atoms with Gasteiger partial charge in [-0.15, -0.1) is 0 Å². The minimum atomic E-state index is -0.819. The summed E-state index contributed by atoms with van der Waals surface area (Å²) in [6, 6.07) is 6.82. The molecule has 0 radical (unpaired) electrons. The molecule has 0 unspecified atom stereocenters. The Bertz CT molecular complexity index is 743. The molecule has 4 atom stereocenters. The van der Waals surface area contributed by atoms with Crippen molar-refractivity contribution in [3.05, 3.63) is 34.9 Å². The van der Waals surface area contributed by atoms with Gasteiger partial charge in [-0.2, -0.15) is 0 Å². The third kappa shape index (κ3) is 2.10. The van der Waals surface area contributed by atoms with Crippen LogP contribution >= 0.6 is 0 Å². The molecular formula is C21H28N2O2. The molecule has 1 aliphatic heterocycles. The van der Waals surface area contributed by atoms with Crippen molar-refractivity contribution in [2.24, 2.45) is 17.6 Å². The fourth-order valence-electron chi connectivity index (χ4n) is 6.16. The summed E-state index contributed by atoms with van der Waals surface area (Å²) in [7, 11) is 0. The van der Waals surface area contributed by atoms with Crippen molar-refractivity contribution in [1.82, 2.24) is 4.90 Å². The van der Waals surface area contributed by atoms with E-state index in [1.54, 1.807) is 0 Å². The van der Waals surface area contributed by atoms with Crippen molar-refractivity contribution in [2.45, 2.75) is 62.5 Å². The van der Waals surface area contributed by atoms with Crippen LogP contribution in [0.4, 0.5) is 0 Å². The first-order valence-electron chi connectivity index (χ1n) is 9.79. The molecule has 2 saturated carbocycles. The number of carbonyl (C=O) groups excluding carboxylic acids is 1. The van der Waals surface area contributed by atoms with E-state index in [0.29, 0.717) is 12.8 Å². The number of aliphatic hydroxyl groups is 1. The number of likely N-dealkylation sites (tertiary alicyclic amines) is 1. The molecule has 3 N–H and O–H groups in total. The summed E-state index contributed by atoms with van der Waals surface area (Å²) in [4.78, 5) is 14.5. The first kappa shape index (κ1) is 15.8. The molecule has 0 spiro atoms. The smallest absolute Gasteiger partial charge is 0.220 e. The van der Waals surface area contributed by atoms with E-state index >= 15 is 0 Å². The Balaban J connectivity index is 1.64. The predicted octanol–water partition coefficient (Wildman–Crippen LogP) is 1.90. The molecule has 1 heterocycles. The molecule has 134 valence electrons. The van der Waals surface area contributed by atoms with Gasteiger partial charge in [0.25, 0.3) is 0 Å². The number of hydrogen-bond acceptors (Lipinski definition) is 3. The molecule has 1 aromatic carbocycles. The summed E-state index contributed by atoms with van der Waals surface area (Å²) < 4.78 is 0. The largest absolute Gasteiger partial charge is 0.387 e. The van der Waals surface area contributed by atoms with Crippen LogP contribution in [0, 0.1) is 18.8 Å². The molecule has 4 heteroatoms. The summed E-state index contributed by atoms with van der Waals surface area (Å²) in [5, 5.41) is 12.0. The first-order valence-corrected chi connectivity index (χ1v) is 9.79. The lowest BCUT2D eigenvalue weighted by molar-refractivity contribution is -0.133. The second-order valence-electron chi connectivity index (χ2n) is 9.08. The highest BCUT2D eigenvalue weighted by atomic mass is 16.3. The van der Waals surface area contributed by atoms with Gasteiger partial charge < -0.3 is 10.8 Å². The number of primary amides is 1. The molecule has 2 bridgehead atoms. The Morgan fingerprint density at radius 3 is 2.88 bits per heavy atom. The molecule has 5 rings (SSSR count). The fraction of sp³-hybridized carbons (Fsp3) is 0.667. The van der Waals surface area contributed by atoms with Crippen molar-refractivity contribution < 1.29 is 9.90 Å². The number of aryl methyl sites for hydroxylation is 1. The van der Waals surface area contributed by atoms with Crippen LogP contribution in [0.2, 0.25) is 0 Å². The van der Waals surface area contributed by atoms with Gasteiger partial charge in [-0.05, 0) is 69.0 Å². The van der Waals surface area contributed by atoms with Gasteiger partial charge in [0.15, 0.2) is 0 Å². The molecule has 1 aromatic rings. The van der Waals surface area contributed by atoms with Crippen LogP contribution in [0.3, 0.4) is 0 Å². The molecule has 1 saturated heterocycles. The Morgan fingerprint density at radius 2 is 2.16 bits per heavy atom. The van der Waals surface area contributed by atoms with Gasteiger partial charge in [-0.1, -0.05) is 23.8 Å². The quantitative estimate of drug-likeness (QED) is 0.883. The highest BCUT2D eigenvalue weighted by Crippen LogP contribution is 2.61. The highest BCUT2D eigenvalue weighted by Gasteiger charge is 2.67. The number of benzene rings is 1. The maximum atomic E-state index is 12.0. The van der Waals surface area contributed by atoms with Gasteiger partial charge in [0.1, 0.15) is 0 Å². The first-order chi connectivity index (χ1) is 11.9. The number of fused-ring (bicyclic) bond motifs is 1. The number of rotatable bonds is 3. The summed E-state index contributed by atoms with van der Waals surface area (Å²) in [5.41, 5.74) is 8.48. The van der Waals surface area contributed by atoms with Gasteiger partial charge in [0.2, 0.25) is 5.91 Å². The van der Waals surface area contributed by atoms with Gasteiger partial charge >= 0.3 is 0 Å². The third-order valence-corrected chi connectivity index (χ3v) is 7.59. The maximum Gasteiger partial charge on any atom is 0.220 e. The molecule has 4 nitrogen and oxygen atoms in total. The van der Waals surface area contributed by atoms with Crippen LogP contribution < -0.4 is 5.73 Å². The van der Waals surface area contributed by atoms with E-state index in [-0.39, 0.29) is 23.3 Å². The zero-order chi connectivity index (χ0) is 17.4. The molecule has 3 fully saturated rings. The van der Waals surface area contributed by atoms with E-state index in [4.69, 9.17) is 5.73 Å². The lowest BCUT2D eigenvalue weighted by Gasteiger charge is -2.59. The highest BCUT2D eigenvalue weighted by molar-refractivity contribution is 5.78. The molecule has 4 aliphatic rings. The summed E-state index contributed by atoms with van der Waals surface area (Å²) in [6.45, 7) is 4.25. The summed E-state index contributed by atoms with van der Waals surface area (Å²) in [6.07, 6.45) is 5.72. The second-order valence-corrected chi connectivity index (χ2v) is 9.08. The number of amides is 1. The van der Waals surface area contributed by atoms with Crippen molar-refractivity contribution >= 4 is 5.91 Å². The monoisotopic (exact) mass is 340 g/mol. The topological polar surface area (TPSA) is 66.6 Å². The van der Waals surface area contributed by atoms with E-state index in [0.717, 1.165) is 31.8 Å². The summed E-state index contributed by atoms with van der Waals surface area (Å²) in [5.74, 6) is 0.356. The second kappa shape index (κ2) is 5.08. The molecule has 3 aliphatic carbocycles. The van der Waals surface area contributed by atoms with Gasteiger partial charge in [0.05, 0.1) is 5.60 Å². The number of nitrogens with zero attached hydrogens (tertiary/aromatic N) is 1. The Morgan fingerprint density at radius 1 is 1.36 bits per heavy atom. The number of nitrogens with two attached hydrogens (primary N) is 1. The maximum absolute atomic E-state index is 12.0. The fourth-order valence-corrected chi connectivity index (χ4v) is 6.16. The molecule has 0 aromatic heterocycles. The summed E-state index contributed by atoms with van der Waals surface area (Å²) >= 11 is 0. The van der Waals surface area contributed by atoms with Crippen LogP contribution in [0.1, 0.15) is 48.8 Å². The van der Waals surface area contributed by atoms with E-state index in [1.165, 1.54) is 29.5 Å². The van der Waals surface area contributed by atoms with E-state index in [2.05, 4.69) is 30.0 Å². The average molecular weight is 340 g/mol. The average Bonchev–Trinajstić information content (AvgIpc) is 3.30. The van der Waals surface area contributed by atoms with Crippen LogP contribution in [0.5, 0.6) is 0 Å². The van der Waals surface area contributed by atoms with Crippen LogP contribution in [-0.4, -0.2) is 40.6 Å². The number of piperidine rings is 1. The lowest BCUT2D eigenvalue weighted by atomic mass is 9.56. The van der Waals surface area contributed by atoms with E-state index in [1.807, 2.05) is 0 Å². The Labute approximate surface area is 149 Å². The van der Waals surface area contributed by atoms with E-state index < -0.39 is 5.60 Å². The van der Waals surface area contributed by atoms with Crippen molar-refractivity contribution in [3.8, 4) is 0 Å². The van der Waals surface area contributed by atoms with Crippen LogP contribution in [0.25, 0.3) is 0 Å². The van der Waals surface area contributed by atoms with Crippen molar-refractivity contribution in [2.75, 3.05) is 13.1 Å². The minimum Gasteiger partial charge on any atom is -0.387 e. The standard InChI is InChI=1S/C21H28N2O2/c1-13-2-5-15-9-18-21(25)11-16(19(22)24)10-20(21,17(15)8-13)6-7-23(18)12-14-3-4-14/h2,5,8,14,16,18,25H,3-4,6-7,9-12H2,1H3,(H2,22,24)/t16-,18-,20-,21-/m1/s1. The zero-order valence-corrected chi connectivity index (χ0v) is 15.0. The Kier molecular flexibility index (Phi) is 3.21. The van der Waals surface area contributed by atoms with Crippen LogP contribution in [0.15, 0.2) is 18.2 Å². The third-order valence-electron chi connectivity index (χ3n) is 7.59. The SMILES string of the molecule is Cc1ccc2c(c1)[C@]13CCN(CC4CC4)[C@H](C2)[C@]1(O)C[C@H](C(N)=O)C3. The zero-order valence-electron chi connectivity index (χ0n) is 15.0. The molecule has 25 heavy (non-hydrogen) atoms. The van der Waals surface area contributed by atoms with Crippen molar-refractivity contribution in [3.63, 3.8) is 0 Å². The van der Waals surface area contributed by atoms with E-state index in [9.17, 15) is 9.90 Å². The van der Waals surface area contributed by atoms with Crippen LogP contribution in [-0.2, 0) is 16.6 Å². The lowest BCUT2D eigenvalue weighted by Crippen LogP contribution is -2.69. The minimum absolute atomic E-state index is 0.126. The molecular weight excluding hydrogens is 312 g/mol. The van der Waals surface area contributed by atoms with Gasteiger partial charge in [0, 0.05) is 23.9 Å². The number of hydrogen-bond donors (Lipinski definition) is 2.